The maximum atomic E-state index is 12.2. The highest BCUT2D eigenvalue weighted by atomic mass is 32.2. The van der Waals surface area contributed by atoms with Crippen LogP contribution in [0.5, 0.6) is 0 Å². The molecule has 2 N–H and O–H groups in total. The molecule has 0 aromatic carbocycles. The number of hydrogen-bond donors (Lipinski definition) is 2. The van der Waals surface area contributed by atoms with E-state index in [9.17, 15) is 8.42 Å². The van der Waals surface area contributed by atoms with Gasteiger partial charge in [0.1, 0.15) is 0 Å². The molecule has 0 unspecified atom stereocenters. The molecule has 0 bridgehead atoms. The summed E-state index contributed by atoms with van der Waals surface area (Å²) < 4.78 is 28.8. The van der Waals surface area contributed by atoms with E-state index in [0.29, 0.717) is 31.5 Å². The second-order valence-electron chi connectivity index (χ2n) is 7.06. The van der Waals surface area contributed by atoms with E-state index < -0.39 is 10.2 Å². The third-order valence-corrected chi connectivity index (χ3v) is 5.76. The number of nitrogens with zero attached hydrogens (tertiary/aromatic N) is 1. The molecule has 0 radical (unpaired) electrons. The van der Waals surface area contributed by atoms with Crippen molar-refractivity contribution in [3.05, 3.63) is 0 Å². The Morgan fingerprint density at radius 3 is 2.20 bits per heavy atom. The molecule has 0 amide bonds. The first-order valence-corrected chi connectivity index (χ1v) is 9.00. The van der Waals surface area contributed by atoms with Crippen LogP contribution < -0.4 is 10.0 Å². The van der Waals surface area contributed by atoms with E-state index in [-0.39, 0.29) is 5.41 Å². The van der Waals surface area contributed by atoms with Gasteiger partial charge in [-0.25, -0.2) is 4.72 Å². The minimum absolute atomic E-state index is 0.268. The fourth-order valence-electron chi connectivity index (χ4n) is 2.72. The summed E-state index contributed by atoms with van der Waals surface area (Å²) in [6.07, 6.45) is 1.91. The summed E-state index contributed by atoms with van der Waals surface area (Å²) >= 11 is 0. The lowest BCUT2D eigenvalue weighted by Crippen LogP contribution is -2.47. The van der Waals surface area contributed by atoms with E-state index >= 15 is 0 Å². The SMILES string of the molecule is CNC[C@H](C)CNS(=O)(=O)N1CCC(C(C)(C)C)CC1. The van der Waals surface area contributed by atoms with Gasteiger partial charge in [0, 0.05) is 19.6 Å². The van der Waals surface area contributed by atoms with Crippen LogP contribution >= 0.6 is 0 Å². The van der Waals surface area contributed by atoms with Gasteiger partial charge >= 0.3 is 0 Å². The van der Waals surface area contributed by atoms with Crippen molar-refractivity contribution in [3.63, 3.8) is 0 Å². The Bertz CT molecular complexity index is 382. The molecule has 1 aliphatic rings. The number of hydrogen-bond acceptors (Lipinski definition) is 3. The van der Waals surface area contributed by atoms with Crippen molar-refractivity contribution in [3.8, 4) is 0 Å². The third-order valence-electron chi connectivity index (χ3n) is 4.19. The molecule has 5 nitrogen and oxygen atoms in total. The summed E-state index contributed by atoms with van der Waals surface area (Å²) in [6, 6.07) is 0. The lowest BCUT2D eigenvalue weighted by atomic mass is 9.76. The summed E-state index contributed by atoms with van der Waals surface area (Å²) in [7, 11) is -1.43. The molecule has 1 heterocycles. The van der Waals surface area contributed by atoms with E-state index in [1.165, 1.54) is 0 Å². The van der Waals surface area contributed by atoms with Crippen molar-refractivity contribution in [1.29, 1.82) is 0 Å². The Morgan fingerprint density at radius 1 is 1.20 bits per heavy atom. The van der Waals surface area contributed by atoms with Crippen molar-refractivity contribution >= 4 is 10.2 Å². The van der Waals surface area contributed by atoms with Crippen LogP contribution in [-0.4, -0.2) is 45.9 Å². The zero-order chi connectivity index (χ0) is 15.4. The molecule has 1 rings (SSSR count). The normalized spacial score (nSPS) is 21.1. The minimum Gasteiger partial charge on any atom is -0.319 e. The first kappa shape index (κ1) is 17.9. The molecule has 1 fully saturated rings. The lowest BCUT2D eigenvalue weighted by molar-refractivity contribution is 0.153. The Hall–Kier alpha value is -0.170. The van der Waals surface area contributed by atoms with Crippen LogP contribution in [0.1, 0.15) is 40.5 Å². The fraction of sp³-hybridized carbons (Fsp3) is 1.00. The Kier molecular flexibility index (Phi) is 6.44. The van der Waals surface area contributed by atoms with Crippen LogP contribution in [0.3, 0.4) is 0 Å². The molecular weight excluding hydrogens is 274 g/mol. The highest BCUT2D eigenvalue weighted by molar-refractivity contribution is 7.87. The van der Waals surface area contributed by atoms with Gasteiger partial charge in [-0.2, -0.15) is 12.7 Å². The van der Waals surface area contributed by atoms with Crippen molar-refractivity contribution < 1.29 is 8.42 Å². The zero-order valence-electron chi connectivity index (χ0n) is 13.6. The van der Waals surface area contributed by atoms with E-state index in [1.54, 1.807) is 4.31 Å². The van der Waals surface area contributed by atoms with Gasteiger partial charge < -0.3 is 5.32 Å². The van der Waals surface area contributed by atoms with Gasteiger partial charge in [-0.15, -0.1) is 0 Å². The van der Waals surface area contributed by atoms with Gasteiger partial charge in [0.25, 0.3) is 10.2 Å². The molecule has 0 aliphatic carbocycles. The van der Waals surface area contributed by atoms with Gasteiger partial charge in [-0.3, -0.25) is 0 Å². The predicted molar refractivity (Wildman–Crippen MR) is 83.8 cm³/mol. The Labute approximate surface area is 124 Å². The predicted octanol–water partition coefficient (Wildman–Crippen LogP) is 1.43. The summed E-state index contributed by atoms with van der Waals surface area (Å²) in [5, 5.41) is 3.06. The molecule has 1 saturated heterocycles. The van der Waals surface area contributed by atoms with Gasteiger partial charge in [0.15, 0.2) is 0 Å². The number of rotatable bonds is 6. The van der Waals surface area contributed by atoms with Crippen LogP contribution in [0.25, 0.3) is 0 Å². The van der Waals surface area contributed by atoms with Crippen LogP contribution in [0.4, 0.5) is 0 Å². The summed E-state index contributed by atoms with van der Waals surface area (Å²) in [4.78, 5) is 0. The van der Waals surface area contributed by atoms with Crippen molar-refractivity contribution in [2.24, 2.45) is 17.3 Å². The monoisotopic (exact) mass is 305 g/mol. The summed E-state index contributed by atoms with van der Waals surface area (Å²) in [6.45, 7) is 11.3. The second-order valence-corrected chi connectivity index (χ2v) is 8.81. The lowest BCUT2D eigenvalue weighted by Gasteiger charge is -2.38. The maximum absolute atomic E-state index is 12.2. The van der Waals surface area contributed by atoms with Gasteiger partial charge in [0.05, 0.1) is 0 Å². The van der Waals surface area contributed by atoms with Gasteiger partial charge in [-0.1, -0.05) is 27.7 Å². The first-order chi connectivity index (χ1) is 9.16. The van der Waals surface area contributed by atoms with Gasteiger partial charge in [0.2, 0.25) is 0 Å². The second kappa shape index (κ2) is 7.20. The molecule has 1 aliphatic heterocycles. The Balaban J connectivity index is 2.47. The van der Waals surface area contributed by atoms with Crippen LogP contribution in [-0.2, 0) is 10.2 Å². The number of nitrogens with one attached hydrogen (secondary N) is 2. The van der Waals surface area contributed by atoms with E-state index in [4.69, 9.17) is 0 Å². The molecule has 120 valence electrons. The smallest absolute Gasteiger partial charge is 0.279 e. The topological polar surface area (TPSA) is 61.4 Å². The third kappa shape index (κ3) is 5.31. The highest BCUT2D eigenvalue weighted by Gasteiger charge is 2.33. The molecule has 0 aromatic heterocycles. The molecule has 1 atom stereocenters. The average Bonchev–Trinajstić information content (AvgIpc) is 2.36. The molecule has 6 heteroatoms. The Morgan fingerprint density at radius 2 is 1.75 bits per heavy atom. The first-order valence-electron chi connectivity index (χ1n) is 7.56. The van der Waals surface area contributed by atoms with Gasteiger partial charge in [-0.05, 0) is 43.7 Å². The standard InChI is InChI=1S/C14H31N3O2S/c1-12(10-15-5)11-16-20(18,19)17-8-6-13(7-9-17)14(2,3)4/h12-13,15-16H,6-11H2,1-5H3/t12-/m0/s1. The average molecular weight is 305 g/mol. The minimum atomic E-state index is -3.31. The van der Waals surface area contributed by atoms with Crippen LogP contribution in [0, 0.1) is 17.3 Å². The fourth-order valence-corrected chi connectivity index (χ4v) is 4.09. The number of piperidine rings is 1. The highest BCUT2D eigenvalue weighted by Crippen LogP contribution is 2.34. The van der Waals surface area contributed by atoms with Crippen LogP contribution in [0.15, 0.2) is 0 Å². The molecule has 0 saturated carbocycles. The largest absolute Gasteiger partial charge is 0.319 e. The van der Waals surface area contributed by atoms with Crippen LogP contribution in [0.2, 0.25) is 0 Å². The molecule has 0 aromatic rings. The molecule has 0 spiro atoms. The van der Waals surface area contributed by atoms with E-state index in [1.807, 2.05) is 14.0 Å². The maximum Gasteiger partial charge on any atom is 0.279 e. The van der Waals surface area contributed by atoms with Crippen molar-refractivity contribution in [1.82, 2.24) is 14.3 Å². The van der Waals surface area contributed by atoms with Crippen molar-refractivity contribution in [2.75, 3.05) is 33.2 Å². The van der Waals surface area contributed by atoms with Crippen molar-refractivity contribution in [2.45, 2.75) is 40.5 Å². The van der Waals surface area contributed by atoms with E-state index in [2.05, 4.69) is 30.8 Å². The summed E-state index contributed by atoms with van der Waals surface area (Å²) in [5.41, 5.74) is 0.268. The van der Waals surface area contributed by atoms with E-state index in [0.717, 1.165) is 19.4 Å². The zero-order valence-corrected chi connectivity index (χ0v) is 14.4. The quantitative estimate of drug-likeness (QED) is 0.780. The molecule has 20 heavy (non-hydrogen) atoms. The molecular formula is C14H31N3O2S. The summed E-state index contributed by atoms with van der Waals surface area (Å²) in [5.74, 6) is 0.902.